The average Bonchev–Trinajstić information content (AvgIpc) is 3.44. The lowest BCUT2D eigenvalue weighted by Crippen LogP contribution is -2.30. The Hall–Kier alpha value is -1.85. The van der Waals surface area contributed by atoms with E-state index in [1.807, 2.05) is 0 Å². The molecule has 0 aliphatic rings. The Balaban J connectivity index is 4.04. The van der Waals surface area contributed by atoms with Crippen LogP contribution >= 0.6 is 0 Å². The fourth-order valence-corrected chi connectivity index (χ4v) is 11.2. The molecule has 0 saturated heterocycles. The molecule has 0 saturated carbocycles. The Labute approximate surface area is 488 Å². The topological polar surface area (TPSA) is 78.9 Å². The van der Waals surface area contributed by atoms with Gasteiger partial charge >= 0.3 is 17.9 Å². The second-order valence-electron chi connectivity index (χ2n) is 24.5. The second kappa shape index (κ2) is 67.7. The van der Waals surface area contributed by atoms with Crippen LogP contribution in [0.3, 0.4) is 0 Å². The van der Waals surface area contributed by atoms with Crippen molar-refractivity contribution in [1.82, 2.24) is 0 Å². The molecule has 0 aromatic heterocycles. The Morgan fingerprint density at radius 1 is 0.244 bits per heavy atom. The third kappa shape index (κ3) is 65.0. The van der Waals surface area contributed by atoms with Crippen molar-refractivity contribution in [3.63, 3.8) is 0 Å². The van der Waals surface area contributed by atoms with Gasteiger partial charge in [-0.15, -0.1) is 0 Å². The average molecular weight is 1100 g/mol. The first kappa shape index (κ1) is 76.1. The summed E-state index contributed by atoms with van der Waals surface area (Å²) < 4.78 is 17.0. The van der Waals surface area contributed by atoms with Crippen LogP contribution in [0.4, 0.5) is 0 Å². The lowest BCUT2D eigenvalue weighted by Gasteiger charge is -2.18. The van der Waals surface area contributed by atoms with E-state index in [9.17, 15) is 14.4 Å². The molecule has 0 aliphatic carbocycles. The summed E-state index contributed by atoms with van der Waals surface area (Å²) in [5, 5.41) is 0. The van der Waals surface area contributed by atoms with Crippen LogP contribution in [0.1, 0.15) is 412 Å². The van der Waals surface area contributed by atoms with Crippen LogP contribution in [-0.2, 0) is 28.6 Å². The van der Waals surface area contributed by atoms with Crippen molar-refractivity contribution in [3.8, 4) is 0 Å². The van der Waals surface area contributed by atoms with Gasteiger partial charge < -0.3 is 14.2 Å². The van der Waals surface area contributed by atoms with E-state index in [4.69, 9.17) is 14.2 Å². The molecule has 6 heteroatoms. The van der Waals surface area contributed by atoms with Crippen molar-refractivity contribution >= 4 is 17.9 Å². The minimum Gasteiger partial charge on any atom is -0.462 e. The zero-order chi connectivity index (χ0) is 56.4. The van der Waals surface area contributed by atoms with E-state index in [0.717, 1.165) is 57.8 Å². The van der Waals surface area contributed by atoms with Gasteiger partial charge in [0.15, 0.2) is 6.10 Å². The van der Waals surface area contributed by atoms with E-state index in [1.54, 1.807) is 0 Å². The maximum absolute atomic E-state index is 12.9. The summed E-state index contributed by atoms with van der Waals surface area (Å²) >= 11 is 0. The van der Waals surface area contributed by atoms with Crippen molar-refractivity contribution in [1.29, 1.82) is 0 Å². The molecule has 1 atom stereocenters. The summed E-state index contributed by atoms with van der Waals surface area (Å²) in [5.74, 6) is -0.828. The molecular formula is C72H138O6. The predicted molar refractivity (Wildman–Crippen MR) is 340 cm³/mol. The van der Waals surface area contributed by atoms with Crippen LogP contribution < -0.4 is 0 Å². The van der Waals surface area contributed by atoms with E-state index in [2.05, 4.69) is 32.9 Å². The summed E-state index contributed by atoms with van der Waals surface area (Å²) in [6.45, 7) is 6.72. The van der Waals surface area contributed by atoms with Gasteiger partial charge in [0, 0.05) is 19.3 Å². The Bertz CT molecular complexity index is 1210. The quantitative estimate of drug-likeness (QED) is 0.0261. The minimum absolute atomic E-state index is 0.0619. The molecule has 0 fully saturated rings. The summed E-state index contributed by atoms with van der Waals surface area (Å²) in [5.41, 5.74) is 0. The molecule has 0 aromatic rings. The molecule has 1 unspecified atom stereocenters. The summed E-state index contributed by atoms with van der Waals surface area (Å²) in [7, 11) is 0. The Morgan fingerprint density at radius 3 is 0.641 bits per heavy atom. The highest BCUT2D eigenvalue weighted by atomic mass is 16.6. The van der Waals surface area contributed by atoms with Gasteiger partial charge in [-0.2, -0.15) is 0 Å². The Kier molecular flexibility index (Phi) is 66.0. The number of carbonyl (C=O) groups is 3. The van der Waals surface area contributed by atoms with Gasteiger partial charge in [-0.25, -0.2) is 0 Å². The van der Waals surface area contributed by atoms with Gasteiger partial charge in [-0.1, -0.05) is 360 Å². The number of rotatable bonds is 67. The van der Waals surface area contributed by atoms with Gasteiger partial charge in [0.2, 0.25) is 0 Å². The molecule has 0 spiro atoms. The fourth-order valence-electron chi connectivity index (χ4n) is 11.2. The van der Waals surface area contributed by atoms with Crippen LogP contribution in [-0.4, -0.2) is 37.2 Å². The molecule has 0 aliphatic heterocycles. The van der Waals surface area contributed by atoms with Gasteiger partial charge in [-0.05, 0) is 44.9 Å². The monoisotopic (exact) mass is 1100 g/mol. The highest BCUT2D eigenvalue weighted by Gasteiger charge is 2.19. The van der Waals surface area contributed by atoms with Crippen LogP contribution in [0.5, 0.6) is 0 Å². The van der Waals surface area contributed by atoms with Gasteiger partial charge in [-0.3, -0.25) is 14.4 Å². The first-order valence-electron chi connectivity index (χ1n) is 35.7. The van der Waals surface area contributed by atoms with Crippen molar-refractivity contribution in [2.24, 2.45) is 0 Å². The van der Waals surface area contributed by atoms with Crippen molar-refractivity contribution in [2.45, 2.75) is 419 Å². The molecule has 0 heterocycles. The molecule has 78 heavy (non-hydrogen) atoms. The van der Waals surface area contributed by atoms with E-state index in [0.29, 0.717) is 19.3 Å². The van der Waals surface area contributed by atoms with Crippen molar-refractivity contribution in [3.05, 3.63) is 12.2 Å². The number of ether oxygens (including phenoxy) is 3. The zero-order valence-electron chi connectivity index (χ0n) is 53.2. The molecule has 0 bridgehead atoms. The third-order valence-electron chi connectivity index (χ3n) is 16.5. The number of carbonyl (C=O) groups excluding carboxylic acids is 3. The fraction of sp³-hybridized carbons (Fsp3) is 0.931. The molecular weight excluding hydrogens is 961 g/mol. The van der Waals surface area contributed by atoms with Crippen molar-refractivity contribution in [2.75, 3.05) is 13.2 Å². The first-order chi connectivity index (χ1) is 38.5. The van der Waals surface area contributed by atoms with Gasteiger partial charge in [0.1, 0.15) is 13.2 Å². The first-order valence-corrected chi connectivity index (χ1v) is 35.7. The highest BCUT2D eigenvalue weighted by molar-refractivity contribution is 5.71. The molecule has 0 N–H and O–H groups in total. The maximum atomic E-state index is 12.9. The molecule has 462 valence electrons. The number of esters is 3. The SMILES string of the molecule is CCCCCCCCCC/C=C\CCCCCCCCCCCCCCCCCCCCCCCC(=O)OCC(COC(=O)CCCCCCCCCCCCCCC)OC(=O)CCCCCCCCCCCCCCCC. The minimum atomic E-state index is -0.763. The number of unbranched alkanes of at least 4 members (excludes halogenated alkanes) is 54. The molecule has 6 nitrogen and oxygen atoms in total. The van der Waals surface area contributed by atoms with E-state index in [-0.39, 0.29) is 31.1 Å². The molecule has 0 amide bonds. The van der Waals surface area contributed by atoms with E-state index in [1.165, 1.54) is 315 Å². The molecule has 0 aromatic carbocycles. The highest BCUT2D eigenvalue weighted by Crippen LogP contribution is 2.19. The van der Waals surface area contributed by atoms with Crippen LogP contribution in [0.15, 0.2) is 12.2 Å². The van der Waals surface area contributed by atoms with Crippen molar-refractivity contribution < 1.29 is 28.6 Å². The number of hydrogen-bond acceptors (Lipinski definition) is 6. The number of allylic oxidation sites excluding steroid dienone is 2. The van der Waals surface area contributed by atoms with E-state index >= 15 is 0 Å². The smallest absolute Gasteiger partial charge is 0.306 e. The standard InChI is InChI=1S/C72H138O6/c1-4-7-10-13-16-19-22-25-27-28-29-30-31-32-33-34-35-36-37-38-39-40-41-42-43-44-45-48-50-53-56-59-62-65-71(74)77-68-69(67-76-70(73)64-61-58-55-52-49-46-24-21-18-15-12-9-6-3)78-72(75)66-63-60-57-54-51-47-26-23-20-17-14-11-8-5-2/h28-29,69H,4-27,30-68H2,1-3H3/b29-28-. The predicted octanol–water partition coefficient (Wildman–Crippen LogP) is 24.4. The largest absolute Gasteiger partial charge is 0.462 e. The van der Waals surface area contributed by atoms with Crippen LogP contribution in [0.25, 0.3) is 0 Å². The van der Waals surface area contributed by atoms with Gasteiger partial charge in [0.25, 0.3) is 0 Å². The summed E-state index contributed by atoms with van der Waals surface area (Å²) in [6.07, 6.45) is 81.2. The lowest BCUT2D eigenvalue weighted by atomic mass is 10.0. The lowest BCUT2D eigenvalue weighted by molar-refractivity contribution is -0.167. The van der Waals surface area contributed by atoms with Crippen LogP contribution in [0.2, 0.25) is 0 Å². The molecule has 0 radical (unpaired) electrons. The normalized spacial score (nSPS) is 12.0. The number of hydrogen-bond donors (Lipinski definition) is 0. The second-order valence-corrected chi connectivity index (χ2v) is 24.5. The summed E-state index contributed by atoms with van der Waals surface area (Å²) in [4.78, 5) is 38.3. The van der Waals surface area contributed by atoms with Gasteiger partial charge in [0.05, 0.1) is 0 Å². The molecule has 0 rings (SSSR count). The Morgan fingerprint density at radius 2 is 0.423 bits per heavy atom. The zero-order valence-corrected chi connectivity index (χ0v) is 53.2. The maximum Gasteiger partial charge on any atom is 0.306 e. The summed E-state index contributed by atoms with van der Waals surface area (Å²) in [6, 6.07) is 0. The third-order valence-corrected chi connectivity index (χ3v) is 16.5. The van der Waals surface area contributed by atoms with Crippen LogP contribution in [0, 0.1) is 0 Å². The van der Waals surface area contributed by atoms with E-state index < -0.39 is 6.10 Å².